The Bertz CT molecular complexity index is 306. The van der Waals surface area contributed by atoms with Gasteiger partial charge in [0.25, 0.3) is 0 Å². The second-order valence-corrected chi connectivity index (χ2v) is 7.20. The van der Waals surface area contributed by atoms with E-state index < -0.39 is 0 Å². The van der Waals surface area contributed by atoms with Gasteiger partial charge in [0.2, 0.25) is 0 Å². The molecule has 0 aliphatic rings. The summed E-state index contributed by atoms with van der Waals surface area (Å²) in [5, 5.41) is 0. The molecule has 0 N–H and O–H groups in total. The Hall–Kier alpha value is -0.560. The summed E-state index contributed by atoms with van der Waals surface area (Å²) in [6.45, 7) is 20.5. The van der Waals surface area contributed by atoms with Crippen LogP contribution in [-0.4, -0.2) is 24.0 Å². The second kappa shape index (κ2) is 10.2. The first-order valence-corrected chi connectivity index (χ1v) is 8.27. The fourth-order valence-electron chi connectivity index (χ4n) is 2.26. The summed E-state index contributed by atoms with van der Waals surface area (Å²) in [5.41, 5.74) is 2.94. The van der Waals surface area contributed by atoms with Gasteiger partial charge in [0.15, 0.2) is 0 Å². The van der Waals surface area contributed by atoms with Crippen molar-refractivity contribution in [1.82, 2.24) is 4.90 Å². The van der Waals surface area contributed by atoms with Crippen LogP contribution in [0.2, 0.25) is 0 Å². The smallest absolute Gasteiger partial charge is 0.0168 e. The minimum atomic E-state index is 0.652. The van der Waals surface area contributed by atoms with E-state index in [0.717, 1.165) is 12.5 Å². The lowest BCUT2D eigenvalue weighted by Crippen LogP contribution is -2.39. The molecule has 118 valence electrons. The summed E-state index contributed by atoms with van der Waals surface area (Å²) in [5.74, 6) is 1.45. The molecule has 0 fully saturated rings. The summed E-state index contributed by atoms with van der Waals surface area (Å²) in [4.78, 5) is 2.62. The number of nitrogens with zero attached hydrogens (tertiary/aromatic N) is 1. The molecule has 0 aromatic carbocycles. The molecule has 0 aromatic rings. The molecule has 0 bridgehead atoms. The van der Waals surface area contributed by atoms with Crippen LogP contribution in [0.25, 0.3) is 0 Å². The van der Waals surface area contributed by atoms with Crippen molar-refractivity contribution >= 4 is 0 Å². The van der Waals surface area contributed by atoms with Crippen molar-refractivity contribution in [1.29, 1.82) is 0 Å². The summed E-state index contributed by atoms with van der Waals surface area (Å²) in [7, 11) is 0. The van der Waals surface area contributed by atoms with Crippen LogP contribution in [0.15, 0.2) is 23.3 Å². The minimum absolute atomic E-state index is 0.652. The van der Waals surface area contributed by atoms with Gasteiger partial charge in [-0.1, -0.05) is 51.0 Å². The van der Waals surface area contributed by atoms with Crippen molar-refractivity contribution < 1.29 is 0 Å². The molecule has 1 unspecified atom stereocenters. The molecular weight excluding hydrogens is 242 g/mol. The van der Waals surface area contributed by atoms with Gasteiger partial charge in [0, 0.05) is 19.1 Å². The Balaban J connectivity index is 4.46. The largest absolute Gasteiger partial charge is 0.296 e. The Morgan fingerprint density at radius 1 is 0.950 bits per heavy atom. The molecule has 0 saturated carbocycles. The third-order valence-electron chi connectivity index (χ3n) is 3.91. The first kappa shape index (κ1) is 19.4. The zero-order chi connectivity index (χ0) is 15.7. The molecule has 1 atom stereocenters. The van der Waals surface area contributed by atoms with E-state index in [-0.39, 0.29) is 0 Å². The highest BCUT2D eigenvalue weighted by molar-refractivity contribution is 5.03. The molecule has 20 heavy (non-hydrogen) atoms. The maximum Gasteiger partial charge on any atom is 0.0168 e. The number of rotatable bonds is 9. The van der Waals surface area contributed by atoms with E-state index in [1.165, 1.54) is 30.5 Å². The van der Waals surface area contributed by atoms with Gasteiger partial charge in [-0.25, -0.2) is 0 Å². The monoisotopic (exact) mass is 279 g/mol. The fourth-order valence-corrected chi connectivity index (χ4v) is 2.26. The van der Waals surface area contributed by atoms with E-state index in [2.05, 4.69) is 72.4 Å². The first-order valence-electron chi connectivity index (χ1n) is 8.27. The maximum atomic E-state index is 2.62. The Kier molecular flexibility index (Phi) is 9.92. The molecule has 0 amide bonds. The highest BCUT2D eigenvalue weighted by atomic mass is 15.1. The predicted molar refractivity (Wildman–Crippen MR) is 93.1 cm³/mol. The third kappa shape index (κ3) is 9.36. The van der Waals surface area contributed by atoms with Crippen LogP contribution in [0.4, 0.5) is 0 Å². The van der Waals surface area contributed by atoms with Crippen LogP contribution in [0, 0.1) is 11.8 Å². The van der Waals surface area contributed by atoms with Gasteiger partial charge in [-0.05, 0) is 52.4 Å². The van der Waals surface area contributed by atoms with Crippen LogP contribution in [-0.2, 0) is 0 Å². The summed E-state index contributed by atoms with van der Waals surface area (Å²) in [6, 6.07) is 0.652. The Morgan fingerprint density at radius 3 is 2.00 bits per heavy atom. The van der Waals surface area contributed by atoms with Crippen LogP contribution in [0.5, 0.6) is 0 Å². The number of hydrogen-bond donors (Lipinski definition) is 0. The van der Waals surface area contributed by atoms with Crippen molar-refractivity contribution in [3.63, 3.8) is 0 Å². The van der Waals surface area contributed by atoms with Gasteiger partial charge < -0.3 is 0 Å². The quantitative estimate of drug-likeness (QED) is 0.491. The van der Waals surface area contributed by atoms with Crippen molar-refractivity contribution in [2.24, 2.45) is 11.8 Å². The lowest BCUT2D eigenvalue weighted by Gasteiger charge is -2.32. The molecule has 0 rings (SSSR count). The van der Waals surface area contributed by atoms with Crippen molar-refractivity contribution in [3.8, 4) is 0 Å². The topological polar surface area (TPSA) is 3.24 Å². The molecule has 0 aliphatic heterocycles. The molecule has 0 radical (unpaired) electrons. The molecular formula is C19H37N. The lowest BCUT2D eigenvalue weighted by molar-refractivity contribution is 0.167. The number of allylic oxidation sites excluding steroid dienone is 3. The molecule has 0 saturated heterocycles. The van der Waals surface area contributed by atoms with Gasteiger partial charge in [-0.3, -0.25) is 4.90 Å². The van der Waals surface area contributed by atoms with Crippen molar-refractivity contribution in [2.75, 3.05) is 13.1 Å². The van der Waals surface area contributed by atoms with Gasteiger partial charge in [0.1, 0.15) is 0 Å². The molecule has 0 aliphatic carbocycles. The average molecular weight is 280 g/mol. The molecule has 0 heterocycles. The van der Waals surface area contributed by atoms with Gasteiger partial charge in [-0.2, -0.15) is 0 Å². The van der Waals surface area contributed by atoms with E-state index >= 15 is 0 Å². The van der Waals surface area contributed by atoms with E-state index in [9.17, 15) is 0 Å². The fraction of sp³-hybridized carbons (Fsp3) is 0.789. The van der Waals surface area contributed by atoms with Crippen LogP contribution in [0.1, 0.15) is 68.2 Å². The van der Waals surface area contributed by atoms with E-state index in [4.69, 9.17) is 0 Å². The SMILES string of the molecule is CC(C)=CCC/C(C)=C\CN(CC(C)C)C(C)C(C)C. The number of hydrogen-bond acceptors (Lipinski definition) is 1. The van der Waals surface area contributed by atoms with E-state index in [1.54, 1.807) is 0 Å². The standard InChI is InChI=1S/C19H37N/c1-15(2)10-9-11-18(7)12-13-20(14-16(3)4)19(8)17(5)6/h10,12,16-17,19H,9,11,13-14H2,1-8H3/b18-12-. The molecule has 0 spiro atoms. The zero-order valence-corrected chi connectivity index (χ0v) is 15.2. The lowest BCUT2D eigenvalue weighted by atomic mass is 10.0. The van der Waals surface area contributed by atoms with E-state index in [1.807, 2.05) is 0 Å². The minimum Gasteiger partial charge on any atom is -0.296 e. The van der Waals surface area contributed by atoms with Crippen LogP contribution in [0.3, 0.4) is 0 Å². The normalized spacial score (nSPS) is 14.2. The molecule has 1 heteroatoms. The highest BCUT2D eigenvalue weighted by Crippen LogP contribution is 2.14. The van der Waals surface area contributed by atoms with Gasteiger partial charge in [0.05, 0.1) is 0 Å². The van der Waals surface area contributed by atoms with E-state index in [0.29, 0.717) is 12.0 Å². The van der Waals surface area contributed by atoms with Crippen LogP contribution < -0.4 is 0 Å². The highest BCUT2D eigenvalue weighted by Gasteiger charge is 2.16. The summed E-state index contributed by atoms with van der Waals surface area (Å²) < 4.78 is 0. The average Bonchev–Trinajstić information content (AvgIpc) is 2.32. The van der Waals surface area contributed by atoms with Gasteiger partial charge in [-0.15, -0.1) is 0 Å². The zero-order valence-electron chi connectivity index (χ0n) is 15.2. The van der Waals surface area contributed by atoms with Crippen molar-refractivity contribution in [3.05, 3.63) is 23.3 Å². The molecule has 1 nitrogen and oxygen atoms in total. The first-order chi connectivity index (χ1) is 9.23. The van der Waals surface area contributed by atoms with Crippen molar-refractivity contribution in [2.45, 2.75) is 74.3 Å². The maximum absolute atomic E-state index is 2.62. The Labute approximate surface area is 128 Å². The second-order valence-electron chi connectivity index (χ2n) is 7.20. The summed E-state index contributed by atoms with van der Waals surface area (Å²) in [6.07, 6.45) is 7.13. The Morgan fingerprint density at radius 2 is 1.55 bits per heavy atom. The predicted octanol–water partition coefficient (Wildman–Crippen LogP) is 5.68. The summed E-state index contributed by atoms with van der Waals surface area (Å²) >= 11 is 0. The molecule has 0 aromatic heterocycles. The van der Waals surface area contributed by atoms with Gasteiger partial charge >= 0.3 is 0 Å². The van der Waals surface area contributed by atoms with Crippen LogP contribution >= 0.6 is 0 Å². The third-order valence-corrected chi connectivity index (χ3v) is 3.91.